The first-order valence-corrected chi connectivity index (χ1v) is 32.1. The molecule has 0 fully saturated rings. The molecular weight excluding hydrogens is 995 g/mol. The smallest absolute Gasteiger partial charge is 0.462 e. The summed E-state index contributed by atoms with van der Waals surface area (Å²) >= 11 is 0. The van der Waals surface area contributed by atoms with E-state index in [-0.39, 0.29) is 25.7 Å². The van der Waals surface area contributed by atoms with Crippen LogP contribution in [0, 0.1) is 5.92 Å². The molecule has 0 saturated carbocycles. The van der Waals surface area contributed by atoms with E-state index < -0.39 is 97.5 Å². The van der Waals surface area contributed by atoms with Gasteiger partial charge in [0.05, 0.1) is 26.4 Å². The maximum Gasteiger partial charge on any atom is 0.472 e. The van der Waals surface area contributed by atoms with E-state index in [2.05, 4.69) is 34.6 Å². The Morgan fingerprint density at radius 2 is 0.622 bits per heavy atom. The molecule has 0 aromatic carbocycles. The van der Waals surface area contributed by atoms with Crippen LogP contribution in [0.15, 0.2) is 0 Å². The minimum absolute atomic E-state index is 0.103. The monoisotopic (exact) mass is 1100 g/mol. The number of phosphoric acid groups is 2. The van der Waals surface area contributed by atoms with Gasteiger partial charge in [-0.1, -0.05) is 214 Å². The molecule has 0 heterocycles. The molecule has 0 saturated heterocycles. The van der Waals surface area contributed by atoms with Crippen molar-refractivity contribution in [2.24, 2.45) is 5.92 Å². The zero-order valence-corrected chi connectivity index (χ0v) is 48.7. The molecule has 0 rings (SSSR count). The summed E-state index contributed by atoms with van der Waals surface area (Å²) in [4.78, 5) is 71.4. The van der Waals surface area contributed by atoms with Crippen molar-refractivity contribution in [1.29, 1.82) is 0 Å². The lowest BCUT2D eigenvalue weighted by Gasteiger charge is -2.21. The number of rotatable bonds is 55. The average molecular weight is 1100 g/mol. The fourth-order valence-electron chi connectivity index (χ4n) is 7.99. The molecule has 5 atom stereocenters. The fourth-order valence-corrected chi connectivity index (χ4v) is 9.57. The molecule has 3 N–H and O–H groups in total. The van der Waals surface area contributed by atoms with E-state index in [1.807, 2.05) is 0 Å². The number of esters is 4. The van der Waals surface area contributed by atoms with E-state index >= 15 is 0 Å². The van der Waals surface area contributed by atoms with Crippen LogP contribution in [0.25, 0.3) is 0 Å². The molecule has 0 aromatic heterocycles. The summed E-state index contributed by atoms with van der Waals surface area (Å²) in [6.07, 6.45) is 29.8. The number of hydrogen-bond donors (Lipinski definition) is 3. The van der Waals surface area contributed by atoms with Gasteiger partial charge in [0, 0.05) is 25.7 Å². The molecule has 17 nitrogen and oxygen atoms in total. The highest BCUT2D eigenvalue weighted by Crippen LogP contribution is 2.45. The Morgan fingerprint density at radius 1 is 0.365 bits per heavy atom. The molecule has 2 unspecified atom stereocenters. The van der Waals surface area contributed by atoms with Gasteiger partial charge in [0.2, 0.25) is 0 Å². The first kappa shape index (κ1) is 72.1. The number of hydrogen-bond acceptors (Lipinski definition) is 15. The molecule has 19 heteroatoms. The van der Waals surface area contributed by atoms with Gasteiger partial charge in [-0.15, -0.1) is 0 Å². The third-order valence-corrected chi connectivity index (χ3v) is 14.4. The summed E-state index contributed by atoms with van der Waals surface area (Å²) in [6.45, 7) is 6.95. The van der Waals surface area contributed by atoms with E-state index in [4.69, 9.17) is 37.0 Å². The summed E-state index contributed by atoms with van der Waals surface area (Å²) in [6, 6.07) is 0. The predicted molar refractivity (Wildman–Crippen MR) is 289 cm³/mol. The Morgan fingerprint density at radius 3 is 0.919 bits per heavy atom. The second-order valence-corrected chi connectivity index (χ2v) is 23.4. The highest BCUT2D eigenvalue weighted by Gasteiger charge is 2.30. The predicted octanol–water partition coefficient (Wildman–Crippen LogP) is 14.3. The van der Waals surface area contributed by atoms with Crippen LogP contribution in [-0.2, 0) is 65.4 Å². The van der Waals surface area contributed by atoms with E-state index in [0.29, 0.717) is 25.7 Å². The van der Waals surface area contributed by atoms with Crippen molar-refractivity contribution >= 4 is 39.5 Å². The summed E-state index contributed by atoms with van der Waals surface area (Å²) in [5.74, 6) is -1.44. The SMILES string of the molecule is CCCCCCCCCCCCCC(=O)OC[C@H](COP(=O)(O)OC[C@@H](O)COP(=O)(O)OC[C@@H](COC(=O)CCCCCCC)OC(=O)CCCCCCCCC)OC(=O)CCCCCCCCCCC(C)C. The number of aliphatic hydroxyl groups excluding tert-OH is 1. The van der Waals surface area contributed by atoms with Gasteiger partial charge in [-0.3, -0.25) is 37.3 Å². The summed E-state index contributed by atoms with van der Waals surface area (Å²) in [7, 11) is -9.85. The lowest BCUT2D eigenvalue weighted by Crippen LogP contribution is -2.30. The summed E-state index contributed by atoms with van der Waals surface area (Å²) < 4.78 is 67.3. The van der Waals surface area contributed by atoms with Crippen LogP contribution >= 0.6 is 15.6 Å². The Hall–Kier alpha value is -1.94. The van der Waals surface area contributed by atoms with Crippen LogP contribution in [-0.4, -0.2) is 96.7 Å². The molecule has 0 aliphatic rings. The highest BCUT2D eigenvalue weighted by molar-refractivity contribution is 7.47. The third kappa shape index (κ3) is 49.6. The standard InChI is InChI=1S/C55H106O17P2/c1-6-9-12-15-17-18-19-20-25-29-34-39-53(58)66-45-51(72-55(60)41-36-31-26-22-21-24-28-32-37-48(4)5)47-70-74(63,64)68-43-49(56)42-67-73(61,62)69-46-50(44-65-52(57)38-33-27-14-11-8-3)71-54(59)40-35-30-23-16-13-10-7-2/h48-51,56H,6-47H2,1-5H3,(H,61,62)(H,63,64)/t49-,50+,51+/m0/s1. The zero-order valence-electron chi connectivity index (χ0n) is 47.0. The first-order chi connectivity index (χ1) is 35.5. The van der Waals surface area contributed by atoms with Gasteiger partial charge in [0.1, 0.15) is 19.3 Å². The van der Waals surface area contributed by atoms with Crippen LogP contribution in [0.5, 0.6) is 0 Å². The van der Waals surface area contributed by atoms with Crippen molar-refractivity contribution in [3.05, 3.63) is 0 Å². The number of unbranched alkanes of at least 4 members (excludes halogenated alkanes) is 27. The van der Waals surface area contributed by atoms with Crippen LogP contribution < -0.4 is 0 Å². The molecule has 0 radical (unpaired) electrons. The maximum atomic E-state index is 12.9. The summed E-state index contributed by atoms with van der Waals surface area (Å²) in [5, 5.41) is 10.4. The summed E-state index contributed by atoms with van der Waals surface area (Å²) in [5.41, 5.74) is 0. The quantitative estimate of drug-likeness (QED) is 0.0222. The van der Waals surface area contributed by atoms with Crippen molar-refractivity contribution in [3.8, 4) is 0 Å². The van der Waals surface area contributed by atoms with E-state index in [1.54, 1.807) is 0 Å². The third-order valence-electron chi connectivity index (χ3n) is 12.5. The second-order valence-electron chi connectivity index (χ2n) is 20.4. The molecule has 438 valence electrons. The van der Waals surface area contributed by atoms with Crippen molar-refractivity contribution in [2.45, 2.75) is 284 Å². The number of carbonyl (C=O) groups is 4. The molecule has 0 aliphatic carbocycles. The van der Waals surface area contributed by atoms with Crippen LogP contribution in [0.3, 0.4) is 0 Å². The first-order valence-electron chi connectivity index (χ1n) is 29.1. The number of aliphatic hydroxyl groups is 1. The normalized spacial score (nSPS) is 14.5. The zero-order chi connectivity index (χ0) is 55.0. The molecule has 0 aliphatic heterocycles. The largest absolute Gasteiger partial charge is 0.472 e. The van der Waals surface area contributed by atoms with E-state index in [9.17, 15) is 43.2 Å². The van der Waals surface area contributed by atoms with Gasteiger partial charge in [-0.25, -0.2) is 9.13 Å². The molecule has 0 bridgehead atoms. The average Bonchev–Trinajstić information content (AvgIpc) is 3.36. The van der Waals surface area contributed by atoms with Gasteiger partial charge >= 0.3 is 39.5 Å². The van der Waals surface area contributed by atoms with Gasteiger partial charge in [0.15, 0.2) is 12.2 Å². The van der Waals surface area contributed by atoms with E-state index in [1.165, 1.54) is 70.6 Å². The maximum absolute atomic E-state index is 12.9. The molecule has 0 aromatic rings. The van der Waals surface area contributed by atoms with Gasteiger partial charge in [0.25, 0.3) is 0 Å². The fraction of sp³-hybridized carbons (Fsp3) is 0.927. The van der Waals surface area contributed by atoms with Crippen LogP contribution in [0.1, 0.15) is 266 Å². The molecule has 74 heavy (non-hydrogen) atoms. The highest BCUT2D eigenvalue weighted by atomic mass is 31.2. The van der Waals surface area contributed by atoms with Crippen molar-refractivity contribution < 1.29 is 80.2 Å². The number of carbonyl (C=O) groups excluding carboxylic acids is 4. The second kappa shape index (κ2) is 49.4. The molecular formula is C55H106O17P2. The Labute approximate surface area is 447 Å². The van der Waals surface area contributed by atoms with Crippen molar-refractivity contribution in [3.63, 3.8) is 0 Å². The van der Waals surface area contributed by atoms with Crippen molar-refractivity contribution in [1.82, 2.24) is 0 Å². The number of ether oxygens (including phenoxy) is 4. The van der Waals surface area contributed by atoms with Crippen molar-refractivity contribution in [2.75, 3.05) is 39.6 Å². The molecule has 0 amide bonds. The van der Waals surface area contributed by atoms with Gasteiger partial charge in [-0.2, -0.15) is 0 Å². The van der Waals surface area contributed by atoms with Crippen LogP contribution in [0.4, 0.5) is 0 Å². The van der Waals surface area contributed by atoms with Crippen LogP contribution in [0.2, 0.25) is 0 Å². The topological polar surface area (TPSA) is 237 Å². The van der Waals surface area contributed by atoms with Gasteiger partial charge in [-0.05, 0) is 31.6 Å². The van der Waals surface area contributed by atoms with Gasteiger partial charge < -0.3 is 33.8 Å². The lowest BCUT2D eigenvalue weighted by molar-refractivity contribution is -0.161. The lowest BCUT2D eigenvalue weighted by atomic mass is 10.0. The molecule has 0 spiro atoms. The minimum atomic E-state index is -4.93. The Bertz CT molecular complexity index is 1470. The Balaban J connectivity index is 5.17. The Kier molecular flexibility index (Phi) is 48.1. The minimum Gasteiger partial charge on any atom is -0.462 e. The number of phosphoric ester groups is 2. The van der Waals surface area contributed by atoms with E-state index in [0.717, 1.165) is 115 Å².